The van der Waals surface area contributed by atoms with E-state index in [4.69, 9.17) is 0 Å². The molecule has 0 aromatic carbocycles. The van der Waals surface area contributed by atoms with Crippen molar-refractivity contribution in [3.05, 3.63) is 40.4 Å². The van der Waals surface area contributed by atoms with Crippen LogP contribution < -0.4 is 9.80 Å². The van der Waals surface area contributed by atoms with Gasteiger partial charge in [0.25, 0.3) is 0 Å². The SMILES string of the molecule is Cc1cc(N(C)C2CCN(c3ccc(Br)c(C)n3)C2)ncn1. The van der Waals surface area contributed by atoms with Crippen molar-refractivity contribution in [1.29, 1.82) is 0 Å². The van der Waals surface area contributed by atoms with Crippen LogP contribution in [0.15, 0.2) is 29.0 Å². The average Bonchev–Trinajstić information content (AvgIpc) is 2.99. The van der Waals surface area contributed by atoms with Crippen LogP contribution in [0.5, 0.6) is 0 Å². The van der Waals surface area contributed by atoms with E-state index in [9.17, 15) is 0 Å². The minimum Gasteiger partial charge on any atom is -0.355 e. The molecule has 1 aliphatic rings. The molecule has 22 heavy (non-hydrogen) atoms. The Labute approximate surface area is 139 Å². The second-order valence-electron chi connectivity index (χ2n) is 5.75. The number of hydrogen-bond donors (Lipinski definition) is 0. The van der Waals surface area contributed by atoms with Crippen LogP contribution in [-0.4, -0.2) is 41.1 Å². The molecule has 6 heteroatoms. The Hall–Kier alpha value is -1.69. The summed E-state index contributed by atoms with van der Waals surface area (Å²) in [4.78, 5) is 17.8. The zero-order valence-electron chi connectivity index (χ0n) is 13.1. The molecule has 1 unspecified atom stereocenters. The maximum absolute atomic E-state index is 4.67. The van der Waals surface area contributed by atoms with E-state index in [1.54, 1.807) is 6.33 Å². The van der Waals surface area contributed by atoms with Crippen molar-refractivity contribution in [3.63, 3.8) is 0 Å². The van der Waals surface area contributed by atoms with E-state index >= 15 is 0 Å². The molecule has 0 bridgehead atoms. The highest BCUT2D eigenvalue weighted by molar-refractivity contribution is 9.10. The summed E-state index contributed by atoms with van der Waals surface area (Å²) in [5.41, 5.74) is 2.03. The second kappa shape index (κ2) is 6.20. The van der Waals surface area contributed by atoms with Crippen molar-refractivity contribution in [2.24, 2.45) is 0 Å². The molecule has 116 valence electrons. The summed E-state index contributed by atoms with van der Waals surface area (Å²) in [5.74, 6) is 2.04. The van der Waals surface area contributed by atoms with Gasteiger partial charge in [0, 0.05) is 42.4 Å². The Bertz CT molecular complexity index is 675. The van der Waals surface area contributed by atoms with Gasteiger partial charge in [-0.1, -0.05) is 0 Å². The van der Waals surface area contributed by atoms with Crippen LogP contribution in [0.2, 0.25) is 0 Å². The number of halogens is 1. The Balaban J connectivity index is 1.73. The Morgan fingerprint density at radius 3 is 2.82 bits per heavy atom. The molecule has 3 rings (SSSR count). The molecule has 0 saturated carbocycles. The summed E-state index contributed by atoms with van der Waals surface area (Å²) in [7, 11) is 2.11. The summed E-state index contributed by atoms with van der Waals surface area (Å²) >= 11 is 3.51. The third-order valence-electron chi connectivity index (χ3n) is 4.19. The zero-order chi connectivity index (χ0) is 15.7. The quantitative estimate of drug-likeness (QED) is 0.840. The van der Waals surface area contributed by atoms with Crippen molar-refractivity contribution in [1.82, 2.24) is 15.0 Å². The molecular formula is C16H20BrN5. The number of aryl methyl sites for hydroxylation is 2. The first kappa shape index (κ1) is 15.2. The lowest BCUT2D eigenvalue weighted by Gasteiger charge is -2.26. The maximum atomic E-state index is 4.67. The van der Waals surface area contributed by atoms with Gasteiger partial charge in [0.05, 0.1) is 5.69 Å². The van der Waals surface area contributed by atoms with Crippen LogP contribution in [0.25, 0.3) is 0 Å². The fraction of sp³-hybridized carbons (Fsp3) is 0.438. The first-order valence-corrected chi connectivity index (χ1v) is 8.23. The number of rotatable bonds is 3. The van der Waals surface area contributed by atoms with Crippen molar-refractivity contribution in [2.45, 2.75) is 26.3 Å². The van der Waals surface area contributed by atoms with Crippen molar-refractivity contribution in [2.75, 3.05) is 29.9 Å². The molecule has 0 N–H and O–H groups in total. The summed E-state index contributed by atoms with van der Waals surface area (Å²) in [6.45, 7) is 6.01. The highest BCUT2D eigenvalue weighted by Gasteiger charge is 2.27. The highest BCUT2D eigenvalue weighted by Crippen LogP contribution is 2.25. The molecule has 0 aliphatic carbocycles. The summed E-state index contributed by atoms with van der Waals surface area (Å²) in [6, 6.07) is 6.63. The smallest absolute Gasteiger partial charge is 0.132 e. The van der Waals surface area contributed by atoms with E-state index in [2.05, 4.69) is 59.9 Å². The van der Waals surface area contributed by atoms with Gasteiger partial charge in [0.15, 0.2) is 0 Å². The number of likely N-dealkylation sites (N-methyl/N-ethyl adjacent to an activating group) is 1. The van der Waals surface area contributed by atoms with Gasteiger partial charge in [-0.25, -0.2) is 15.0 Å². The van der Waals surface area contributed by atoms with Gasteiger partial charge in [-0.05, 0) is 48.3 Å². The average molecular weight is 362 g/mol. The molecule has 1 aliphatic heterocycles. The van der Waals surface area contributed by atoms with Gasteiger partial charge in [0.2, 0.25) is 0 Å². The molecule has 0 amide bonds. The van der Waals surface area contributed by atoms with E-state index in [-0.39, 0.29) is 0 Å². The van der Waals surface area contributed by atoms with Crippen molar-refractivity contribution < 1.29 is 0 Å². The first-order chi connectivity index (χ1) is 10.5. The van der Waals surface area contributed by atoms with Crippen LogP contribution in [0, 0.1) is 13.8 Å². The zero-order valence-corrected chi connectivity index (χ0v) is 14.7. The lowest BCUT2D eigenvalue weighted by atomic mass is 10.2. The van der Waals surface area contributed by atoms with Crippen molar-refractivity contribution in [3.8, 4) is 0 Å². The van der Waals surface area contributed by atoms with Crippen LogP contribution in [0.3, 0.4) is 0 Å². The third-order valence-corrected chi connectivity index (χ3v) is 5.03. The molecule has 0 radical (unpaired) electrons. The molecule has 0 spiro atoms. The Kier molecular flexibility index (Phi) is 4.29. The van der Waals surface area contributed by atoms with E-state index in [0.717, 1.165) is 47.0 Å². The van der Waals surface area contributed by atoms with E-state index in [0.29, 0.717) is 6.04 Å². The first-order valence-electron chi connectivity index (χ1n) is 7.44. The van der Waals surface area contributed by atoms with E-state index in [1.165, 1.54) is 0 Å². The predicted octanol–water partition coefficient (Wildman–Crippen LogP) is 2.97. The Morgan fingerprint density at radius 2 is 2.09 bits per heavy atom. The minimum atomic E-state index is 0.444. The van der Waals surface area contributed by atoms with Gasteiger partial charge in [-0.2, -0.15) is 0 Å². The fourth-order valence-corrected chi connectivity index (χ4v) is 3.01. The fourth-order valence-electron chi connectivity index (χ4n) is 2.79. The third kappa shape index (κ3) is 3.06. The maximum Gasteiger partial charge on any atom is 0.132 e. The molecular weight excluding hydrogens is 342 g/mol. The standard InChI is InChI=1S/C16H20BrN5/c1-11-8-16(19-10-18-11)21(3)13-6-7-22(9-13)15-5-4-14(17)12(2)20-15/h4-5,8,10,13H,6-7,9H2,1-3H3. The Morgan fingerprint density at radius 1 is 1.27 bits per heavy atom. The van der Waals surface area contributed by atoms with Crippen LogP contribution >= 0.6 is 15.9 Å². The number of hydrogen-bond acceptors (Lipinski definition) is 5. The van der Waals surface area contributed by atoms with Crippen LogP contribution in [0.4, 0.5) is 11.6 Å². The van der Waals surface area contributed by atoms with Gasteiger partial charge in [-0.3, -0.25) is 0 Å². The minimum absolute atomic E-state index is 0.444. The topological polar surface area (TPSA) is 45.2 Å². The molecule has 2 aromatic heterocycles. The predicted molar refractivity (Wildman–Crippen MR) is 92.5 cm³/mol. The molecule has 5 nitrogen and oxygen atoms in total. The van der Waals surface area contributed by atoms with Gasteiger partial charge in [-0.15, -0.1) is 0 Å². The molecule has 1 fully saturated rings. The number of aromatic nitrogens is 3. The van der Waals surface area contributed by atoms with Gasteiger partial charge < -0.3 is 9.80 Å². The largest absolute Gasteiger partial charge is 0.355 e. The van der Waals surface area contributed by atoms with E-state index in [1.807, 2.05) is 19.9 Å². The molecule has 2 aromatic rings. The lowest BCUT2D eigenvalue weighted by Crippen LogP contribution is -2.35. The summed E-state index contributed by atoms with van der Waals surface area (Å²) < 4.78 is 1.06. The number of anilines is 2. The lowest BCUT2D eigenvalue weighted by molar-refractivity contribution is 0.682. The number of pyridine rings is 1. The highest BCUT2D eigenvalue weighted by atomic mass is 79.9. The molecule has 1 atom stereocenters. The second-order valence-corrected chi connectivity index (χ2v) is 6.61. The normalized spacial score (nSPS) is 17.8. The monoisotopic (exact) mass is 361 g/mol. The van der Waals surface area contributed by atoms with Crippen LogP contribution in [0.1, 0.15) is 17.8 Å². The summed E-state index contributed by atoms with van der Waals surface area (Å²) in [6.07, 6.45) is 2.74. The van der Waals surface area contributed by atoms with E-state index < -0.39 is 0 Å². The molecule has 3 heterocycles. The van der Waals surface area contributed by atoms with Gasteiger partial charge >= 0.3 is 0 Å². The summed E-state index contributed by atoms with van der Waals surface area (Å²) in [5, 5.41) is 0. The van der Waals surface area contributed by atoms with Gasteiger partial charge in [0.1, 0.15) is 18.0 Å². The van der Waals surface area contributed by atoms with Crippen molar-refractivity contribution >= 4 is 27.6 Å². The number of nitrogens with zero attached hydrogens (tertiary/aromatic N) is 5. The molecule has 1 saturated heterocycles. The van der Waals surface area contributed by atoms with Crippen LogP contribution in [-0.2, 0) is 0 Å².